The average Bonchev–Trinajstić information content (AvgIpc) is 3.22. The van der Waals surface area contributed by atoms with Crippen LogP contribution in [-0.4, -0.2) is 0 Å². The number of anilines is 6. The van der Waals surface area contributed by atoms with E-state index in [1.807, 2.05) is 0 Å². The first-order valence-electron chi connectivity index (χ1n) is 17.8. The molecule has 9 aromatic rings. The van der Waals surface area contributed by atoms with Gasteiger partial charge in [-0.1, -0.05) is 152 Å². The highest BCUT2D eigenvalue weighted by Gasteiger charge is 2.20. The Morgan fingerprint density at radius 2 is 0.673 bits per heavy atom. The van der Waals surface area contributed by atoms with E-state index in [0.717, 1.165) is 34.1 Å². The van der Waals surface area contributed by atoms with Gasteiger partial charge in [-0.2, -0.15) is 0 Å². The molecule has 0 amide bonds. The molecule has 0 heterocycles. The number of para-hydroxylation sites is 2. The quantitative estimate of drug-likeness (QED) is 0.159. The zero-order valence-corrected chi connectivity index (χ0v) is 28.7. The van der Waals surface area contributed by atoms with Gasteiger partial charge < -0.3 is 9.80 Å². The van der Waals surface area contributed by atoms with Crippen LogP contribution in [0.15, 0.2) is 218 Å². The Morgan fingerprint density at radius 1 is 0.231 bits per heavy atom. The SMILES string of the molecule is c1ccc(-c2ccc(N(c3ccccc3)c3cc(N(c4ccccc4)c4ccc(-c5ccc6ccccc6c5)cc4)cc4ccccc34)cc2)cc1. The first-order valence-corrected chi connectivity index (χ1v) is 17.8. The molecule has 0 saturated heterocycles. The van der Waals surface area contributed by atoms with Gasteiger partial charge in [0.1, 0.15) is 0 Å². The number of nitrogens with zero attached hydrogens (tertiary/aromatic N) is 2. The Morgan fingerprint density at radius 3 is 1.33 bits per heavy atom. The molecule has 0 bridgehead atoms. The summed E-state index contributed by atoms with van der Waals surface area (Å²) in [4.78, 5) is 4.74. The van der Waals surface area contributed by atoms with Gasteiger partial charge in [-0.25, -0.2) is 0 Å². The lowest BCUT2D eigenvalue weighted by Crippen LogP contribution is -2.13. The summed E-state index contributed by atoms with van der Waals surface area (Å²) < 4.78 is 0. The van der Waals surface area contributed by atoms with Gasteiger partial charge in [0.25, 0.3) is 0 Å². The van der Waals surface area contributed by atoms with Gasteiger partial charge in [-0.05, 0) is 105 Å². The minimum absolute atomic E-state index is 1.08. The molecule has 0 fully saturated rings. The monoisotopic (exact) mass is 664 g/mol. The average molecular weight is 665 g/mol. The maximum absolute atomic E-state index is 2.38. The molecular formula is C50H36N2. The highest BCUT2D eigenvalue weighted by atomic mass is 15.2. The van der Waals surface area contributed by atoms with Crippen molar-refractivity contribution in [1.29, 1.82) is 0 Å². The van der Waals surface area contributed by atoms with E-state index in [0.29, 0.717) is 0 Å². The summed E-state index contributed by atoms with van der Waals surface area (Å²) in [6, 6.07) is 78.4. The number of hydrogen-bond donors (Lipinski definition) is 0. The van der Waals surface area contributed by atoms with E-state index in [-0.39, 0.29) is 0 Å². The Kier molecular flexibility index (Phi) is 8.24. The van der Waals surface area contributed by atoms with Crippen molar-refractivity contribution in [1.82, 2.24) is 0 Å². The molecule has 0 aliphatic heterocycles. The topological polar surface area (TPSA) is 6.48 Å². The molecule has 0 saturated carbocycles. The van der Waals surface area contributed by atoms with Crippen LogP contribution in [0.3, 0.4) is 0 Å². The third kappa shape index (κ3) is 6.08. The number of benzene rings is 9. The second kappa shape index (κ2) is 13.8. The maximum atomic E-state index is 2.38. The van der Waals surface area contributed by atoms with E-state index >= 15 is 0 Å². The molecule has 9 rings (SSSR count). The molecule has 0 aliphatic rings. The van der Waals surface area contributed by atoms with E-state index in [1.54, 1.807) is 0 Å². The molecule has 0 unspecified atom stereocenters. The fraction of sp³-hybridized carbons (Fsp3) is 0. The van der Waals surface area contributed by atoms with Gasteiger partial charge in [0, 0.05) is 33.8 Å². The van der Waals surface area contributed by atoms with Gasteiger partial charge in [0.2, 0.25) is 0 Å². The van der Waals surface area contributed by atoms with Crippen molar-refractivity contribution < 1.29 is 0 Å². The Hall–Kier alpha value is -6.90. The second-order valence-corrected chi connectivity index (χ2v) is 13.0. The summed E-state index contributed by atoms with van der Waals surface area (Å²) in [5.41, 5.74) is 11.4. The molecule has 0 aromatic heterocycles. The van der Waals surface area contributed by atoms with Crippen LogP contribution < -0.4 is 9.80 Å². The van der Waals surface area contributed by atoms with Crippen LogP contribution in [0.1, 0.15) is 0 Å². The Bertz CT molecular complexity index is 2600. The van der Waals surface area contributed by atoms with Crippen LogP contribution >= 0.6 is 0 Å². The van der Waals surface area contributed by atoms with E-state index in [4.69, 9.17) is 0 Å². The maximum Gasteiger partial charge on any atom is 0.0560 e. The van der Waals surface area contributed by atoms with Crippen molar-refractivity contribution in [3.63, 3.8) is 0 Å². The van der Waals surface area contributed by atoms with E-state index in [9.17, 15) is 0 Å². The van der Waals surface area contributed by atoms with E-state index in [2.05, 4.69) is 228 Å². The third-order valence-electron chi connectivity index (χ3n) is 9.79. The molecule has 0 spiro atoms. The molecular weight excluding hydrogens is 629 g/mol. The first kappa shape index (κ1) is 31.1. The highest BCUT2D eigenvalue weighted by Crippen LogP contribution is 2.45. The van der Waals surface area contributed by atoms with Crippen molar-refractivity contribution in [2.24, 2.45) is 0 Å². The molecule has 52 heavy (non-hydrogen) atoms. The van der Waals surface area contributed by atoms with Gasteiger partial charge in [-0.15, -0.1) is 0 Å². The van der Waals surface area contributed by atoms with E-state index < -0.39 is 0 Å². The second-order valence-electron chi connectivity index (χ2n) is 13.0. The molecule has 9 aromatic carbocycles. The fourth-order valence-corrected chi connectivity index (χ4v) is 7.22. The van der Waals surface area contributed by atoms with E-state index in [1.165, 1.54) is 43.8 Å². The molecule has 0 radical (unpaired) electrons. The van der Waals surface area contributed by atoms with Gasteiger partial charge in [-0.3, -0.25) is 0 Å². The van der Waals surface area contributed by atoms with Crippen LogP contribution in [-0.2, 0) is 0 Å². The lowest BCUT2D eigenvalue weighted by atomic mass is 10.0. The van der Waals surface area contributed by atoms with Crippen LogP contribution in [0.5, 0.6) is 0 Å². The summed E-state index contributed by atoms with van der Waals surface area (Å²) >= 11 is 0. The van der Waals surface area contributed by atoms with Crippen molar-refractivity contribution >= 4 is 55.7 Å². The molecule has 0 atom stereocenters. The normalized spacial score (nSPS) is 11.1. The molecule has 0 N–H and O–H groups in total. The summed E-state index contributed by atoms with van der Waals surface area (Å²) in [7, 11) is 0. The summed E-state index contributed by atoms with van der Waals surface area (Å²) in [6.07, 6.45) is 0. The van der Waals surface area contributed by atoms with Crippen LogP contribution in [0.2, 0.25) is 0 Å². The van der Waals surface area contributed by atoms with Gasteiger partial charge in [0.15, 0.2) is 0 Å². The lowest BCUT2D eigenvalue weighted by Gasteiger charge is -2.31. The summed E-state index contributed by atoms with van der Waals surface area (Å²) in [5, 5.41) is 4.85. The lowest BCUT2D eigenvalue weighted by molar-refractivity contribution is 1.26. The number of rotatable bonds is 8. The first-order chi connectivity index (χ1) is 25.8. The fourth-order valence-electron chi connectivity index (χ4n) is 7.22. The zero-order valence-electron chi connectivity index (χ0n) is 28.7. The number of hydrogen-bond acceptors (Lipinski definition) is 2. The molecule has 2 nitrogen and oxygen atoms in total. The van der Waals surface area contributed by atoms with Crippen LogP contribution in [0.25, 0.3) is 43.8 Å². The largest absolute Gasteiger partial charge is 0.310 e. The molecule has 2 heteroatoms. The molecule has 0 aliphatic carbocycles. The zero-order chi connectivity index (χ0) is 34.7. The van der Waals surface area contributed by atoms with Gasteiger partial charge >= 0.3 is 0 Å². The standard InChI is InChI=1S/C50H36N2/c1-4-14-37(15-5-1)39-26-32-47(33-27-39)52(45-21-8-3-9-22-45)50-36-48(35-43-18-12-13-23-49(43)50)51(44-19-6-2-7-20-44)46-30-28-40(29-31-46)42-25-24-38-16-10-11-17-41(38)34-42/h1-36H. The summed E-state index contributed by atoms with van der Waals surface area (Å²) in [5.74, 6) is 0. The van der Waals surface area contributed by atoms with Crippen LogP contribution in [0, 0.1) is 0 Å². The smallest absolute Gasteiger partial charge is 0.0560 e. The summed E-state index contributed by atoms with van der Waals surface area (Å²) in [6.45, 7) is 0. The number of fused-ring (bicyclic) bond motifs is 2. The van der Waals surface area contributed by atoms with Crippen molar-refractivity contribution in [3.05, 3.63) is 218 Å². The Balaban J connectivity index is 1.19. The predicted molar refractivity (Wildman–Crippen MR) is 222 cm³/mol. The van der Waals surface area contributed by atoms with Crippen molar-refractivity contribution in [2.75, 3.05) is 9.80 Å². The highest BCUT2D eigenvalue weighted by molar-refractivity contribution is 6.02. The van der Waals surface area contributed by atoms with Crippen molar-refractivity contribution in [3.8, 4) is 22.3 Å². The minimum Gasteiger partial charge on any atom is -0.310 e. The Labute approximate surface area is 305 Å². The minimum atomic E-state index is 1.08. The predicted octanol–water partition coefficient (Wildman–Crippen LogP) is 14.3. The molecule has 246 valence electrons. The van der Waals surface area contributed by atoms with Gasteiger partial charge in [0.05, 0.1) is 5.69 Å². The van der Waals surface area contributed by atoms with Crippen LogP contribution in [0.4, 0.5) is 34.1 Å². The van der Waals surface area contributed by atoms with Crippen molar-refractivity contribution in [2.45, 2.75) is 0 Å². The third-order valence-corrected chi connectivity index (χ3v) is 9.79.